The van der Waals surface area contributed by atoms with Gasteiger partial charge in [0.25, 0.3) is 0 Å². The maximum atomic E-state index is 11.9. The Morgan fingerprint density at radius 2 is 1.95 bits per heavy atom. The molecule has 0 radical (unpaired) electrons. The Morgan fingerprint density at radius 3 is 2.64 bits per heavy atom. The zero-order valence-electron chi connectivity index (χ0n) is 12.7. The van der Waals surface area contributed by atoms with E-state index < -0.39 is 0 Å². The highest BCUT2D eigenvalue weighted by atomic mass is 35.5. The van der Waals surface area contributed by atoms with Crippen molar-refractivity contribution >= 4 is 34.8 Å². The van der Waals surface area contributed by atoms with E-state index in [1.807, 2.05) is 13.0 Å². The first-order valence-corrected chi connectivity index (χ1v) is 8.33. The Bertz CT molecular complexity index is 554. The van der Waals surface area contributed by atoms with Gasteiger partial charge in [-0.1, -0.05) is 35.7 Å². The molecule has 0 bridgehead atoms. The van der Waals surface area contributed by atoms with Crippen LogP contribution in [0.1, 0.15) is 38.2 Å². The molecule has 22 heavy (non-hydrogen) atoms. The molecule has 4 nitrogen and oxygen atoms in total. The number of benzene rings is 1. The topological polar surface area (TPSA) is 44.7 Å². The van der Waals surface area contributed by atoms with Crippen molar-refractivity contribution in [3.63, 3.8) is 0 Å². The molecule has 1 fully saturated rings. The standard InChI is InChI=1S/C16H21Cl2N3O/c1-12(13-5-6-14(17)15(18)11-13)19-20-16(22)7-10-21-8-3-2-4-9-21/h5-6,11H,2-4,7-10H2,1H3,(H,20,22)/b19-12+. The second-order valence-electron chi connectivity index (χ2n) is 5.51. The summed E-state index contributed by atoms with van der Waals surface area (Å²) >= 11 is 11.9. The second kappa shape index (κ2) is 8.51. The summed E-state index contributed by atoms with van der Waals surface area (Å²) in [6.07, 6.45) is 4.24. The van der Waals surface area contributed by atoms with Crippen molar-refractivity contribution in [1.29, 1.82) is 0 Å². The second-order valence-corrected chi connectivity index (χ2v) is 6.33. The smallest absolute Gasteiger partial charge is 0.241 e. The Balaban J connectivity index is 1.81. The molecule has 0 aliphatic carbocycles. The van der Waals surface area contributed by atoms with E-state index in [0.717, 1.165) is 25.2 Å². The molecule has 120 valence electrons. The van der Waals surface area contributed by atoms with Crippen LogP contribution in [0.3, 0.4) is 0 Å². The van der Waals surface area contributed by atoms with Crippen LogP contribution in [0.15, 0.2) is 23.3 Å². The predicted molar refractivity (Wildman–Crippen MR) is 91.7 cm³/mol. The number of rotatable bonds is 5. The van der Waals surface area contributed by atoms with Crippen molar-refractivity contribution in [3.8, 4) is 0 Å². The van der Waals surface area contributed by atoms with Crippen LogP contribution in [0, 0.1) is 0 Å². The molecule has 0 aromatic heterocycles. The van der Waals surface area contributed by atoms with Gasteiger partial charge in [0.2, 0.25) is 5.91 Å². The van der Waals surface area contributed by atoms with Gasteiger partial charge in [0.05, 0.1) is 15.8 Å². The molecule has 1 N–H and O–H groups in total. The molecule has 0 unspecified atom stereocenters. The van der Waals surface area contributed by atoms with Crippen LogP contribution in [-0.2, 0) is 4.79 Å². The van der Waals surface area contributed by atoms with E-state index in [0.29, 0.717) is 22.2 Å². The van der Waals surface area contributed by atoms with Gasteiger partial charge in [-0.15, -0.1) is 0 Å². The monoisotopic (exact) mass is 341 g/mol. The first-order valence-electron chi connectivity index (χ1n) is 7.57. The van der Waals surface area contributed by atoms with Crippen LogP contribution in [0.25, 0.3) is 0 Å². The summed E-state index contributed by atoms with van der Waals surface area (Å²) in [6.45, 7) is 4.81. The van der Waals surface area contributed by atoms with Gasteiger partial charge in [-0.25, -0.2) is 5.43 Å². The van der Waals surface area contributed by atoms with E-state index >= 15 is 0 Å². The van der Waals surface area contributed by atoms with Gasteiger partial charge in [-0.2, -0.15) is 5.10 Å². The number of hydrogen-bond acceptors (Lipinski definition) is 3. The zero-order chi connectivity index (χ0) is 15.9. The Kier molecular flexibility index (Phi) is 6.68. The fraction of sp³-hybridized carbons (Fsp3) is 0.500. The average molecular weight is 342 g/mol. The summed E-state index contributed by atoms with van der Waals surface area (Å²) in [5.74, 6) is -0.0648. The summed E-state index contributed by atoms with van der Waals surface area (Å²) in [6, 6.07) is 5.28. The number of carbonyl (C=O) groups excluding carboxylic acids is 1. The van der Waals surface area contributed by atoms with Gasteiger partial charge in [-0.05, 0) is 50.6 Å². The molecule has 1 saturated heterocycles. The van der Waals surface area contributed by atoms with Crippen molar-refractivity contribution in [2.75, 3.05) is 19.6 Å². The average Bonchev–Trinajstić information content (AvgIpc) is 2.54. The summed E-state index contributed by atoms with van der Waals surface area (Å²) in [5.41, 5.74) is 4.14. The van der Waals surface area contributed by atoms with Gasteiger partial charge in [0, 0.05) is 13.0 Å². The zero-order valence-corrected chi connectivity index (χ0v) is 14.3. The number of hydrazone groups is 1. The highest BCUT2D eigenvalue weighted by Gasteiger charge is 2.11. The highest BCUT2D eigenvalue weighted by Crippen LogP contribution is 2.22. The van der Waals surface area contributed by atoms with Crippen LogP contribution in [-0.4, -0.2) is 36.2 Å². The maximum absolute atomic E-state index is 11.9. The fourth-order valence-electron chi connectivity index (χ4n) is 2.43. The minimum absolute atomic E-state index is 0.0648. The predicted octanol–water partition coefficient (Wildman–Crippen LogP) is 3.71. The lowest BCUT2D eigenvalue weighted by Gasteiger charge is -2.25. The third-order valence-corrected chi connectivity index (χ3v) is 4.53. The molecule has 1 amide bonds. The number of halogens is 2. The van der Waals surface area contributed by atoms with E-state index in [1.165, 1.54) is 19.3 Å². The van der Waals surface area contributed by atoms with E-state index in [2.05, 4.69) is 15.4 Å². The third-order valence-electron chi connectivity index (χ3n) is 3.79. The minimum atomic E-state index is -0.0648. The number of piperidine rings is 1. The number of hydrogen-bond donors (Lipinski definition) is 1. The number of likely N-dealkylation sites (tertiary alicyclic amines) is 1. The molecule has 0 spiro atoms. The van der Waals surface area contributed by atoms with E-state index in [1.54, 1.807) is 12.1 Å². The minimum Gasteiger partial charge on any atom is -0.303 e. The van der Waals surface area contributed by atoms with Crippen molar-refractivity contribution in [3.05, 3.63) is 33.8 Å². The van der Waals surface area contributed by atoms with Gasteiger partial charge >= 0.3 is 0 Å². The lowest BCUT2D eigenvalue weighted by Crippen LogP contribution is -2.33. The highest BCUT2D eigenvalue weighted by molar-refractivity contribution is 6.42. The Hall–Kier alpha value is -1.10. The number of amides is 1. The van der Waals surface area contributed by atoms with E-state index in [4.69, 9.17) is 23.2 Å². The van der Waals surface area contributed by atoms with Crippen molar-refractivity contribution in [2.24, 2.45) is 5.10 Å². The summed E-state index contributed by atoms with van der Waals surface area (Å²) in [4.78, 5) is 14.2. The number of nitrogens with zero attached hydrogens (tertiary/aromatic N) is 2. The number of nitrogens with one attached hydrogen (secondary N) is 1. The quantitative estimate of drug-likeness (QED) is 0.655. The van der Waals surface area contributed by atoms with Gasteiger partial charge in [-0.3, -0.25) is 4.79 Å². The summed E-state index contributed by atoms with van der Waals surface area (Å²) in [5, 5.41) is 5.11. The third kappa shape index (κ3) is 5.27. The van der Waals surface area contributed by atoms with Gasteiger partial charge in [0.15, 0.2) is 0 Å². The lowest BCUT2D eigenvalue weighted by molar-refractivity contribution is -0.121. The molecule has 1 aliphatic heterocycles. The molecule has 6 heteroatoms. The van der Waals surface area contributed by atoms with Crippen molar-refractivity contribution in [2.45, 2.75) is 32.6 Å². The van der Waals surface area contributed by atoms with Crippen molar-refractivity contribution in [1.82, 2.24) is 10.3 Å². The maximum Gasteiger partial charge on any atom is 0.241 e. The van der Waals surface area contributed by atoms with E-state index in [-0.39, 0.29) is 5.91 Å². The Labute approximate surface area is 141 Å². The van der Waals surface area contributed by atoms with E-state index in [9.17, 15) is 4.79 Å². The molecular weight excluding hydrogens is 321 g/mol. The van der Waals surface area contributed by atoms with Crippen LogP contribution >= 0.6 is 23.2 Å². The van der Waals surface area contributed by atoms with Crippen LogP contribution in [0.4, 0.5) is 0 Å². The number of carbonyl (C=O) groups is 1. The molecule has 2 rings (SSSR count). The SMILES string of the molecule is C/C(=N\NC(=O)CCN1CCCCC1)c1ccc(Cl)c(Cl)c1. The summed E-state index contributed by atoms with van der Waals surface area (Å²) in [7, 11) is 0. The molecule has 0 atom stereocenters. The first kappa shape index (κ1) is 17.3. The van der Waals surface area contributed by atoms with Crippen LogP contribution in [0.2, 0.25) is 10.0 Å². The Morgan fingerprint density at radius 1 is 1.23 bits per heavy atom. The first-order chi connectivity index (χ1) is 10.6. The molecule has 1 aromatic carbocycles. The molecule has 1 aromatic rings. The van der Waals surface area contributed by atoms with Crippen molar-refractivity contribution < 1.29 is 4.79 Å². The largest absolute Gasteiger partial charge is 0.303 e. The fourth-order valence-corrected chi connectivity index (χ4v) is 2.73. The van der Waals surface area contributed by atoms with Crippen LogP contribution < -0.4 is 5.43 Å². The molecular formula is C16H21Cl2N3O. The molecule has 0 saturated carbocycles. The van der Waals surface area contributed by atoms with Crippen LogP contribution in [0.5, 0.6) is 0 Å². The normalized spacial score (nSPS) is 16.6. The molecule has 1 heterocycles. The lowest BCUT2D eigenvalue weighted by atomic mass is 10.1. The van der Waals surface area contributed by atoms with Gasteiger partial charge in [0.1, 0.15) is 0 Å². The summed E-state index contributed by atoms with van der Waals surface area (Å²) < 4.78 is 0. The van der Waals surface area contributed by atoms with Gasteiger partial charge < -0.3 is 4.90 Å². The molecule has 1 aliphatic rings.